The van der Waals surface area contributed by atoms with E-state index in [2.05, 4.69) is 10.3 Å². The molecule has 0 bridgehead atoms. The smallest absolute Gasteiger partial charge is 0.238 e. The Morgan fingerprint density at radius 2 is 1.93 bits per heavy atom. The number of aromatic nitrogens is 2. The zero-order valence-electron chi connectivity index (χ0n) is 16.4. The lowest BCUT2D eigenvalue weighted by Crippen LogP contribution is -2.41. The highest BCUT2D eigenvalue weighted by molar-refractivity contribution is 7.92. The molecule has 0 radical (unpaired) electrons. The summed E-state index contributed by atoms with van der Waals surface area (Å²) in [7, 11) is -3.65. The quantitative estimate of drug-likeness (QED) is 0.735. The van der Waals surface area contributed by atoms with Crippen molar-refractivity contribution in [3.8, 4) is 0 Å². The molecule has 1 aromatic heterocycles. The van der Waals surface area contributed by atoms with Crippen LogP contribution in [0.1, 0.15) is 50.4 Å². The number of amides is 1. The molecule has 2 aromatic rings. The minimum Gasteiger partial charge on any atom is -0.355 e. The lowest BCUT2D eigenvalue weighted by Gasteiger charge is -2.22. The summed E-state index contributed by atoms with van der Waals surface area (Å²) in [5.74, 6) is 0.269. The molecule has 7 heteroatoms. The SMILES string of the molecule is CC(C(=O)NCC1CCCCC1)S(=O)(=O)Cc1nccn1Cc1ccccc1. The summed E-state index contributed by atoms with van der Waals surface area (Å²) >= 11 is 0. The van der Waals surface area contributed by atoms with Gasteiger partial charge in [-0.25, -0.2) is 13.4 Å². The second-order valence-corrected chi connectivity index (χ2v) is 9.98. The van der Waals surface area contributed by atoms with Gasteiger partial charge in [-0.1, -0.05) is 49.6 Å². The van der Waals surface area contributed by atoms with Crippen molar-refractivity contribution in [1.29, 1.82) is 0 Å². The number of carbonyl (C=O) groups is 1. The minimum absolute atomic E-state index is 0.245. The summed E-state index contributed by atoms with van der Waals surface area (Å²) in [6, 6.07) is 9.80. The Labute approximate surface area is 167 Å². The number of rotatable bonds is 8. The van der Waals surface area contributed by atoms with Crippen LogP contribution in [0.5, 0.6) is 0 Å². The second-order valence-electron chi connectivity index (χ2n) is 7.66. The highest BCUT2D eigenvalue weighted by atomic mass is 32.2. The summed E-state index contributed by atoms with van der Waals surface area (Å²) in [4.78, 5) is 16.6. The molecule has 1 N–H and O–H groups in total. The van der Waals surface area contributed by atoms with Gasteiger partial charge in [-0.3, -0.25) is 4.79 Å². The van der Waals surface area contributed by atoms with Gasteiger partial charge in [0.2, 0.25) is 5.91 Å². The molecular formula is C21H29N3O3S. The molecule has 1 saturated carbocycles. The van der Waals surface area contributed by atoms with Crippen molar-refractivity contribution in [2.24, 2.45) is 5.92 Å². The Kier molecular flexibility index (Phi) is 6.88. The molecule has 1 aromatic carbocycles. The van der Waals surface area contributed by atoms with Crippen LogP contribution in [0.25, 0.3) is 0 Å². The van der Waals surface area contributed by atoms with Gasteiger partial charge in [0.05, 0.1) is 0 Å². The van der Waals surface area contributed by atoms with Crippen molar-refractivity contribution in [2.45, 2.75) is 56.6 Å². The van der Waals surface area contributed by atoms with Crippen molar-refractivity contribution in [3.05, 3.63) is 54.1 Å². The van der Waals surface area contributed by atoms with Crippen LogP contribution in [0.3, 0.4) is 0 Å². The summed E-state index contributed by atoms with van der Waals surface area (Å²) in [6.07, 6.45) is 9.23. The van der Waals surface area contributed by atoms with E-state index >= 15 is 0 Å². The second kappa shape index (κ2) is 9.37. The normalized spacial score (nSPS) is 16.6. The fourth-order valence-electron chi connectivity index (χ4n) is 3.65. The third-order valence-electron chi connectivity index (χ3n) is 5.53. The lowest BCUT2D eigenvalue weighted by molar-refractivity contribution is -0.120. The predicted molar refractivity (Wildman–Crippen MR) is 109 cm³/mol. The van der Waals surface area contributed by atoms with E-state index in [0.29, 0.717) is 24.8 Å². The van der Waals surface area contributed by atoms with E-state index in [4.69, 9.17) is 0 Å². The van der Waals surface area contributed by atoms with Gasteiger partial charge in [0.1, 0.15) is 16.8 Å². The molecule has 1 amide bonds. The molecular weight excluding hydrogens is 374 g/mol. The van der Waals surface area contributed by atoms with Crippen molar-refractivity contribution in [1.82, 2.24) is 14.9 Å². The van der Waals surface area contributed by atoms with Gasteiger partial charge in [-0.15, -0.1) is 0 Å². The van der Waals surface area contributed by atoms with Crippen LogP contribution < -0.4 is 5.32 Å². The maximum Gasteiger partial charge on any atom is 0.238 e. The first kappa shape index (κ1) is 20.6. The van der Waals surface area contributed by atoms with E-state index in [1.165, 1.54) is 26.2 Å². The number of hydrogen-bond acceptors (Lipinski definition) is 4. The molecule has 1 aliphatic carbocycles. The molecule has 3 rings (SSSR count). The number of imidazole rings is 1. The fraction of sp³-hybridized carbons (Fsp3) is 0.524. The van der Waals surface area contributed by atoms with Gasteiger partial charge >= 0.3 is 0 Å². The first-order valence-corrected chi connectivity index (χ1v) is 11.7. The van der Waals surface area contributed by atoms with Crippen LogP contribution in [0.4, 0.5) is 0 Å². The molecule has 6 nitrogen and oxygen atoms in total. The zero-order chi connectivity index (χ0) is 20.0. The number of nitrogens with one attached hydrogen (secondary N) is 1. The van der Waals surface area contributed by atoms with Gasteiger partial charge in [-0.2, -0.15) is 0 Å². The Bertz CT molecular complexity index is 871. The van der Waals surface area contributed by atoms with E-state index in [1.54, 1.807) is 12.4 Å². The van der Waals surface area contributed by atoms with Crippen LogP contribution in [-0.2, 0) is 26.9 Å². The highest BCUT2D eigenvalue weighted by Gasteiger charge is 2.30. The third-order valence-corrected chi connectivity index (χ3v) is 7.48. The Morgan fingerprint density at radius 1 is 1.21 bits per heavy atom. The Morgan fingerprint density at radius 3 is 2.64 bits per heavy atom. The lowest BCUT2D eigenvalue weighted by atomic mass is 9.89. The first-order valence-electron chi connectivity index (χ1n) is 9.99. The first-order chi connectivity index (χ1) is 13.5. The molecule has 1 fully saturated rings. The summed E-state index contributed by atoms with van der Waals surface area (Å²) < 4.78 is 27.4. The number of sulfone groups is 1. The summed E-state index contributed by atoms with van der Waals surface area (Å²) in [5, 5.41) is 1.76. The third kappa shape index (κ3) is 5.44. The molecule has 0 aliphatic heterocycles. The van der Waals surface area contributed by atoms with Gasteiger partial charge in [0, 0.05) is 25.5 Å². The topological polar surface area (TPSA) is 81.1 Å². The molecule has 1 unspecified atom stereocenters. The van der Waals surface area contributed by atoms with Crippen molar-refractivity contribution < 1.29 is 13.2 Å². The van der Waals surface area contributed by atoms with Crippen molar-refractivity contribution >= 4 is 15.7 Å². The van der Waals surface area contributed by atoms with Crippen molar-refractivity contribution in [2.75, 3.05) is 6.54 Å². The van der Waals surface area contributed by atoms with Crippen LogP contribution >= 0.6 is 0 Å². The van der Waals surface area contributed by atoms with Crippen LogP contribution in [0.15, 0.2) is 42.7 Å². The van der Waals surface area contributed by atoms with E-state index < -0.39 is 21.0 Å². The average Bonchev–Trinajstić information content (AvgIpc) is 3.13. The minimum atomic E-state index is -3.65. The number of nitrogens with zero attached hydrogens (tertiary/aromatic N) is 2. The average molecular weight is 404 g/mol. The molecule has 0 saturated heterocycles. The number of carbonyl (C=O) groups excluding carboxylic acids is 1. The summed E-state index contributed by atoms with van der Waals surface area (Å²) in [6.45, 7) is 2.59. The molecule has 1 atom stereocenters. The maximum atomic E-state index is 12.8. The van der Waals surface area contributed by atoms with Crippen molar-refractivity contribution in [3.63, 3.8) is 0 Å². The fourth-order valence-corrected chi connectivity index (χ4v) is 4.91. The van der Waals surface area contributed by atoms with Gasteiger partial charge < -0.3 is 9.88 Å². The maximum absolute atomic E-state index is 12.8. The Balaban J connectivity index is 1.60. The van der Waals surface area contributed by atoms with Crippen LogP contribution in [0, 0.1) is 5.92 Å². The van der Waals surface area contributed by atoms with Crippen LogP contribution in [-0.4, -0.2) is 35.7 Å². The number of hydrogen-bond donors (Lipinski definition) is 1. The Hall–Kier alpha value is -2.15. The highest BCUT2D eigenvalue weighted by Crippen LogP contribution is 2.23. The van der Waals surface area contributed by atoms with E-state index in [9.17, 15) is 13.2 Å². The van der Waals surface area contributed by atoms with Gasteiger partial charge in [-0.05, 0) is 31.2 Å². The molecule has 152 valence electrons. The van der Waals surface area contributed by atoms with Gasteiger partial charge in [0.15, 0.2) is 9.84 Å². The predicted octanol–water partition coefficient (Wildman–Crippen LogP) is 2.93. The number of benzene rings is 1. The summed E-state index contributed by atoms with van der Waals surface area (Å²) in [5.41, 5.74) is 1.07. The van der Waals surface area contributed by atoms with E-state index in [0.717, 1.165) is 18.4 Å². The largest absolute Gasteiger partial charge is 0.355 e. The van der Waals surface area contributed by atoms with Crippen LogP contribution in [0.2, 0.25) is 0 Å². The van der Waals surface area contributed by atoms with E-state index in [1.807, 2.05) is 34.9 Å². The molecule has 28 heavy (non-hydrogen) atoms. The molecule has 0 spiro atoms. The van der Waals surface area contributed by atoms with E-state index in [-0.39, 0.29) is 5.75 Å². The monoisotopic (exact) mass is 403 g/mol. The molecule has 1 aliphatic rings. The zero-order valence-corrected chi connectivity index (χ0v) is 17.2. The standard InChI is InChI=1S/C21H29N3O3S/c1-17(21(25)23-14-18-8-4-2-5-9-18)28(26,27)16-20-22-12-13-24(20)15-19-10-6-3-7-11-19/h3,6-7,10-13,17-18H,2,4-5,8-9,14-16H2,1H3,(H,23,25). The molecule has 1 heterocycles. The van der Waals surface area contributed by atoms with Gasteiger partial charge in [0.25, 0.3) is 0 Å².